The van der Waals surface area contributed by atoms with Gasteiger partial charge in [0, 0.05) is 10.0 Å². The highest BCUT2D eigenvalue weighted by Crippen LogP contribution is 2.32. The minimum Gasteiger partial charge on any atom is -0.388 e. The minimum absolute atomic E-state index is 0.502. The fourth-order valence-electron chi connectivity index (χ4n) is 1.88. The zero-order valence-corrected chi connectivity index (χ0v) is 10.4. The molecule has 1 atom stereocenters. The molecule has 0 bridgehead atoms. The van der Waals surface area contributed by atoms with Gasteiger partial charge in [0.1, 0.15) is 0 Å². The molecule has 16 heavy (non-hydrogen) atoms. The Bertz CT molecular complexity index is 519. The van der Waals surface area contributed by atoms with Crippen molar-refractivity contribution in [3.63, 3.8) is 0 Å². The van der Waals surface area contributed by atoms with Crippen LogP contribution in [0.2, 0.25) is 0 Å². The van der Waals surface area contributed by atoms with Crippen molar-refractivity contribution in [2.75, 3.05) is 0 Å². The van der Waals surface area contributed by atoms with E-state index in [1.807, 2.05) is 36.4 Å². The molecular weight excluding hydrogens is 264 g/mol. The van der Waals surface area contributed by atoms with E-state index in [0.717, 1.165) is 20.8 Å². The van der Waals surface area contributed by atoms with E-state index in [4.69, 9.17) is 0 Å². The van der Waals surface area contributed by atoms with Gasteiger partial charge in [0.25, 0.3) is 0 Å². The number of aliphatic hydroxyl groups excluding tert-OH is 1. The molecule has 2 rings (SSSR count). The van der Waals surface area contributed by atoms with Gasteiger partial charge in [-0.2, -0.15) is 0 Å². The summed E-state index contributed by atoms with van der Waals surface area (Å²) in [6.45, 7) is 3.66. The Hall–Kier alpha value is -1.12. The van der Waals surface area contributed by atoms with Gasteiger partial charge < -0.3 is 5.11 Å². The van der Waals surface area contributed by atoms with Crippen LogP contribution in [0.1, 0.15) is 18.1 Å². The normalized spacial score (nSPS) is 12.6. The SMILES string of the molecule is C=CCC(O)c1c(Br)ccc2ccccc12. The Labute approximate surface area is 104 Å². The van der Waals surface area contributed by atoms with E-state index in [2.05, 4.69) is 22.5 Å². The number of hydrogen-bond donors (Lipinski definition) is 1. The molecule has 1 nitrogen and oxygen atoms in total. The molecule has 0 amide bonds. The van der Waals surface area contributed by atoms with Crippen molar-refractivity contribution in [1.29, 1.82) is 0 Å². The molecule has 0 aliphatic heterocycles. The molecule has 0 spiro atoms. The Morgan fingerprint density at radius 1 is 1.25 bits per heavy atom. The molecule has 0 saturated carbocycles. The molecule has 82 valence electrons. The lowest BCUT2D eigenvalue weighted by atomic mass is 9.99. The quantitative estimate of drug-likeness (QED) is 0.833. The molecule has 0 radical (unpaired) electrons. The smallest absolute Gasteiger partial charge is 0.0841 e. The lowest BCUT2D eigenvalue weighted by molar-refractivity contribution is 0.182. The second-order valence-electron chi connectivity index (χ2n) is 3.72. The van der Waals surface area contributed by atoms with Crippen molar-refractivity contribution in [3.05, 3.63) is 59.1 Å². The lowest BCUT2D eigenvalue weighted by Gasteiger charge is -2.14. The molecule has 0 fully saturated rings. The van der Waals surface area contributed by atoms with Gasteiger partial charge in [-0.05, 0) is 23.3 Å². The summed E-state index contributed by atoms with van der Waals surface area (Å²) in [5, 5.41) is 12.3. The van der Waals surface area contributed by atoms with Crippen LogP contribution < -0.4 is 0 Å². The third kappa shape index (κ3) is 2.04. The Balaban J connectivity index is 2.65. The highest BCUT2D eigenvalue weighted by molar-refractivity contribution is 9.10. The van der Waals surface area contributed by atoms with Gasteiger partial charge in [-0.3, -0.25) is 0 Å². The first-order valence-corrected chi connectivity index (χ1v) is 5.99. The fraction of sp³-hybridized carbons (Fsp3) is 0.143. The van der Waals surface area contributed by atoms with E-state index in [0.29, 0.717) is 6.42 Å². The molecule has 1 N–H and O–H groups in total. The van der Waals surface area contributed by atoms with Crippen LogP contribution in [-0.4, -0.2) is 5.11 Å². The molecule has 0 aliphatic rings. The van der Waals surface area contributed by atoms with Crippen molar-refractivity contribution in [1.82, 2.24) is 0 Å². The Morgan fingerprint density at radius 2 is 2.00 bits per heavy atom. The summed E-state index contributed by atoms with van der Waals surface area (Å²) in [5.74, 6) is 0. The molecule has 2 aromatic carbocycles. The summed E-state index contributed by atoms with van der Waals surface area (Å²) >= 11 is 3.49. The predicted octanol–water partition coefficient (Wildman–Crippen LogP) is 4.21. The van der Waals surface area contributed by atoms with Gasteiger partial charge in [0.15, 0.2) is 0 Å². The largest absolute Gasteiger partial charge is 0.388 e. The van der Waals surface area contributed by atoms with Crippen LogP contribution in [0.15, 0.2) is 53.5 Å². The third-order valence-corrected chi connectivity index (χ3v) is 3.33. The maximum atomic E-state index is 10.1. The van der Waals surface area contributed by atoms with E-state index in [9.17, 15) is 5.11 Å². The maximum absolute atomic E-state index is 10.1. The Morgan fingerprint density at radius 3 is 2.75 bits per heavy atom. The van der Waals surface area contributed by atoms with E-state index in [-0.39, 0.29) is 0 Å². The highest BCUT2D eigenvalue weighted by Gasteiger charge is 2.13. The molecular formula is C14H13BrO. The van der Waals surface area contributed by atoms with Crippen LogP contribution >= 0.6 is 15.9 Å². The first-order chi connectivity index (χ1) is 7.74. The van der Waals surface area contributed by atoms with Crippen molar-refractivity contribution >= 4 is 26.7 Å². The molecule has 1 unspecified atom stereocenters. The second kappa shape index (κ2) is 4.81. The average molecular weight is 277 g/mol. The van der Waals surface area contributed by atoms with Gasteiger partial charge >= 0.3 is 0 Å². The summed E-state index contributed by atoms with van der Waals surface area (Å²) in [5.41, 5.74) is 0.943. The number of halogens is 1. The van der Waals surface area contributed by atoms with E-state index in [1.165, 1.54) is 0 Å². The summed E-state index contributed by atoms with van der Waals surface area (Å²) in [4.78, 5) is 0. The van der Waals surface area contributed by atoms with Crippen LogP contribution in [0.3, 0.4) is 0 Å². The second-order valence-corrected chi connectivity index (χ2v) is 4.58. The van der Waals surface area contributed by atoms with Crippen LogP contribution in [0, 0.1) is 0 Å². The summed E-state index contributed by atoms with van der Waals surface area (Å²) in [7, 11) is 0. The van der Waals surface area contributed by atoms with Gasteiger partial charge in [-0.25, -0.2) is 0 Å². The zero-order chi connectivity index (χ0) is 11.5. The van der Waals surface area contributed by atoms with Crippen LogP contribution in [-0.2, 0) is 0 Å². The molecule has 0 aliphatic carbocycles. The number of benzene rings is 2. The molecule has 0 aromatic heterocycles. The summed E-state index contributed by atoms with van der Waals surface area (Å²) in [6, 6.07) is 12.1. The van der Waals surface area contributed by atoms with Crippen LogP contribution in [0.4, 0.5) is 0 Å². The van der Waals surface area contributed by atoms with Crippen molar-refractivity contribution < 1.29 is 5.11 Å². The van der Waals surface area contributed by atoms with Gasteiger partial charge in [0.2, 0.25) is 0 Å². The standard InChI is InChI=1S/C14H13BrO/c1-2-5-13(16)14-11-7-4-3-6-10(11)8-9-12(14)15/h2-4,6-9,13,16H,1,5H2. The highest BCUT2D eigenvalue weighted by atomic mass is 79.9. The van der Waals surface area contributed by atoms with Crippen molar-refractivity contribution in [3.8, 4) is 0 Å². The first kappa shape index (κ1) is 11.4. The van der Waals surface area contributed by atoms with Crippen molar-refractivity contribution in [2.45, 2.75) is 12.5 Å². The average Bonchev–Trinajstić information content (AvgIpc) is 2.29. The molecule has 0 saturated heterocycles. The monoisotopic (exact) mass is 276 g/mol. The predicted molar refractivity (Wildman–Crippen MR) is 71.4 cm³/mol. The number of aliphatic hydroxyl groups is 1. The Kier molecular flexibility index (Phi) is 3.42. The lowest BCUT2D eigenvalue weighted by Crippen LogP contribution is -1.98. The fourth-order valence-corrected chi connectivity index (χ4v) is 2.49. The number of fused-ring (bicyclic) bond motifs is 1. The van der Waals surface area contributed by atoms with E-state index in [1.54, 1.807) is 6.08 Å². The molecule has 2 heteroatoms. The van der Waals surface area contributed by atoms with Gasteiger partial charge in [-0.15, -0.1) is 6.58 Å². The van der Waals surface area contributed by atoms with Gasteiger partial charge in [0.05, 0.1) is 6.10 Å². The topological polar surface area (TPSA) is 20.2 Å². The zero-order valence-electron chi connectivity index (χ0n) is 8.86. The molecule has 2 aromatic rings. The molecule has 0 heterocycles. The third-order valence-electron chi connectivity index (χ3n) is 2.64. The van der Waals surface area contributed by atoms with Crippen molar-refractivity contribution in [2.24, 2.45) is 0 Å². The number of hydrogen-bond acceptors (Lipinski definition) is 1. The summed E-state index contributed by atoms with van der Waals surface area (Å²) in [6.07, 6.45) is 1.80. The number of rotatable bonds is 3. The summed E-state index contributed by atoms with van der Waals surface area (Å²) < 4.78 is 0.945. The first-order valence-electron chi connectivity index (χ1n) is 5.20. The van der Waals surface area contributed by atoms with E-state index >= 15 is 0 Å². The minimum atomic E-state index is -0.502. The maximum Gasteiger partial charge on any atom is 0.0841 e. The van der Waals surface area contributed by atoms with Crippen LogP contribution in [0.25, 0.3) is 10.8 Å². The van der Waals surface area contributed by atoms with E-state index < -0.39 is 6.10 Å². The van der Waals surface area contributed by atoms with Gasteiger partial charge in [-0.1, -0.05) is 52.3 Å². The van der Waals surface area contributed by atoms with Crippen LogP contribution in [0.5, 0.6) is 0 Å².